The number of halogens is 2. The zero-order valence-corrected chi connectivity index (χ0v) is 57.9. The predicted octanol–water partition coefficient (Wildman–Crippen LogP) is 9.47. The number of carbonyl (C=O) groups is 1. The highest BCUT2D eigenvalue weighted by molar-refractivity contribution is 7.89. The summed E-state index contributed by atoms with van der Waals surface area (Å²) in [5.74, 6) is -2.19. The van der Waals surface area contributed by atoms with Gasteiger partial charge in [0.15, 0.2) is 11.4 Å². The van der Waals surface area contributed by atoms with E-state index in [4.69, 9.17) is 25.1 Å². The van der Waals surface area contributed by atoms with Crippen LogP contribution in [0.25, 0.3) is 67.8 Å². The molecule has 0 N–H and O–H groups in total. The zero-order chi connectivity index (χ0) is 71.3. The second-order valence-electron chi connectivity index (χ2n) is 28.4. The van der Waals surface area contributed by atoms with Crippen molar-refractivity contribution in [1.82, 2.24) is 104 Å². The summed E-state index contributed by atoms with van der Waals surface area (Å²) in [6.07, 6.45) is 32.2. The molecule has 3 saturated carbocycles. The first kappa shape index (κ1) is 66.4. The van der Waals surface area contributed by atoms with Gasteiger partial charge in [0, 0.05) is 85.7 Å². The van der Waals surface area contributed by atoms with Crippen LogP contribution in [0.4, 0.5) is 8.78 Å². The van der Waals surface area contributed by atoms with E-state index in [9.17, 15) is 34.3 Å². The van der Waals surface area contributed by atoms with Crippen molar-refractivity contribution in [2.75, 3.05) is 26.0 Å². The first-order valence-electron chi connectivity index (χ1n) is 35.6. The molecule has 4 atom stereocenters. The van der Waals surface area contributed by atoms with Gasteiger partial charge in [0.25, 0.3) is 0 Å². The molecule has 1 aliphatic heterocycles. The number of nitrogens with zero attached hydrogens (tertiary/aromatic N) is 25. The first-order chi connectivity index (χ1) is 50.7. The van der Waals surface area contributed by atoms with Gasteiger partial charge in [-0.1, -0.05) is 62.8 Å². The average Bonchev–Trinajstić information content (AvgIpc) is 1.56. The Kier molecular flexibility index (Phi) is 16.7. The number of hydrogen-bond acceptors (Lipinski definition) is 24. The van der Waals surface area contributed by atoms with Crippen molar-refractivity contribution in [3.63, 3.8) is 0 Å². The fourth-order valence-electron chi connectivity index (χ4n) is 17.5. The molecule has 12 aliphatic rings. The predicted molar refractivity (Wildman–Crippen MR) is 366 cm³/mol. The number of allylic oxidation sites excluding steroid dienone is 7. The third kappa shape index (κ3) is 10.8. The fraction of sp³-hybridized carbons (Fsp3) is 0.486. The second kappa shape index (κ2) is 26.2. The number of alkyl halides is 2. The largest absolute Gasteiger partial charge is 0.370 e. The van der Waals surface area contributed by atoms with E-state index in [1.54, 1.807) is 29.4 Å². The standard InChI is InChI=1S/C19H20N6O.C18H16N6O.C18H18N6.C17H15F2N7O2S/c1-26-19-12-6-7-13-15(12)16(22-10-21-13)17-18(19)24-25(23-17)14(8-9-20)11-4-2-3-5-11;19-8-7-13(10-3-1-2-4-10)24-22-16-15-14-11(18(25)17(16)23-24)5-6-12(14)20-9-21-15;19-8-7-15(11-3-1-2-4-11)24-22-14-9-12-5-6-13-16(12)18(17(14)23-24)21-10-20-13;1-2-29(27,28)25-7-16(8-25,5-6-20)26-23-14-13-12-10(17(18,19)15(14)24-26)3-4-11(12)21-9-22-13/h6,10-11,14,19H,2-5,7-8H2,1H3;5,9-10,13H,1-4,6-7H2;5,10-11,15H,1-4,6-7,9H2;3,9H,2,4-5,7-8H2,1H3. The number of ether oxygens (including phenoxy) is 1. The number of carbonyl (C=O) groups excluding carboxylic acids is 1. The summed E-state index contributed by atoms with van der Waals surface area (Å²) in [5.41, 5.74) is 15.0. The first-order valence-corrected chi connectivity index (χ1v) is 37.3. The highest BCUT2D eigenvalue weighted by Gasteiger charge is 2.56. The monoisotopic (exact) mass is 1420 g/mol. The highest BCUT2D eigenvalue weighted by Crippen LogP contribution is 2.55. The van der Waals surface area contributed by atoms with E-state index in [-0.39, 0.29) is 77.8 Å². The second-order valence-corrected chi connectivity index (χ2v) is 30.7. The summed E-state index contributed by atoms with van der Waals surface area (Å²) in [4.78, 5) is 53.9. The van der Waals surface area contributed by atoms with Crippen LogP contribution >= 0.6 is 0 Å². The van der Waals surface area contributed by atoms with Crippen LogP contribution in [0.1, 0.15) is 206 Å². The Morgan fingerprint density at radius 3 is 1.61 bits per heavy atom. The average molecular weight is 1420 g/mol. The van der Waals surface area contributed by atoms with Gasteiger partial charge in [-0.2, -0.15) is 89.0 Å². The van der Waals surface area contributed by atoms with Crippen LogP contribution in [0.15, 0.2) is 49.6 Å². The quantitative estimate of drug-likeness (QED) is 0.0977. The summed E-state index contributed by atoms with van der Waals surface area (Å²) in [6.45, 7) is 1.44. The lowest BCUT2D eigenvalue weighted by Gasteiger charge is -2.46. The molecule has 0 aromatic carbocycles. The molecule has 20 rings (SSSR count). The summed E-state index contributed by atoms with van der Waals surface area (Å²) in [6, 6.07) is 8.95. The van der Waals surface area contributed by atoms with E-state index in [0.717, 1.165) is 123 Å². The number of hydrogen-bond donors (Lipinski definition) is 0. The van der Waals surface area contributed by atoms with Gasteiger partial charge in [0.2, 0.25) is 15.8 Å². The SMILES string of the molecule is CCS(=O)(=O)N1CC(CC#N)(n2nc3c(n2)C(F)(F)C2=CCc4ncnc-3c42)C1.COC1C2=CCc3ncnc(c32)-c2nn(C(CC#N)C3CCCC3)nc21.N#CCC(C1CCCC1)n1nc2c(n1)-c1ncnc3c1C(=CC3)C2.N#CCC(C1CCCC1)n1nc2c(n1)-c1ncnc3c1C(=CC3)C2=O. The van der Waals surface area contributed by atoms with Gasteiger partial charge in [-0.05, 0) is 74.3 Å². The van der Waals surface area contributed by atoms with Gasteiger partial charge in [0.1, 0.15) is 88.2 Å². The van der Waals surface area contributed by atoms with E-state index in [2.05, 4.69) is 90.6 Å². The Balaban J connectivity index is 0.000000103. The van der Waals surface area contributed by atoms with Gasteiger partial charge in [-0.3, -0.25) is 4.79 Å². The summed E-state index contributed by atoms with van der Waals surface area (Å²) in [5, 5.41) is 73.8. The highest BCUT2D eigenvalue weighted by atomic mass is 32.2. The lowest BCUT2D eigenvalue weighted by molar-refractivity contribution is 0.0427. The normalized spacial score (nSPS) is 20.5. The number of Topliss-reactive ketones (excluding diaryl/α,β-unsaturated/α-hetero) is 1. The van der Waals surface area contributed by atoms with Gasteiger partial charge >= 0.3 is 5.92 Å². The van der Waals surface area contributed by atoms with E-state index in [0.29, 0.717) is 78.2 Å². The molecular weight excluding hydrogens is 1350 g/mol. The Hall–Kier alpha value is -10.8. The number of sulfonamides is 1. The van der Waals surface area contributed by atoms with Gasteiger partial charge in [-0.15, -0.1) is 5.10 Å². The molecule has 0 radical (unpaired) electrons. The van der Waals surface area contributed by atoms with Crippen molar-refractivity contribution in [1.29, 1.82) is 21.0 Å². The van der Waals surface area contributed by atoms with Crippen LogP contribution in [0.5, 0.6) is 0 Å². The van der Waals surface area contributed by atoms with Crippen molar-refractivity contribution < 1.29 is 26.7 Å². The number of ketones is 1. The van der Waals surface area contributed by atoms with E-state index in [1.165, 1.54) is 86.9 Å². The third-order valence-electron chi connectivity index (χ3n) is 22.8. The van der Waals surface area contributed by atoms with E-state index >= 15 is 8.78 Å². The lowest BCUT2D eigenvalue weighted by Crippen LogP contribution is -2.64. The summed E-state index contributed by atoms with van der Waals surface area (Å²) < 4.78 is 61.6. The minimum atomic E-state index is -3.46. The number of nitriles is 4. The lowest BCUT2D eigenvalue weighted by atomic mass is 9.90. The Bertz CT molecular complexity index is 5300. The molecule has 0 spiro atoms. The van der Waals surface area contributed by atoms with E-state index in [1.807, 2.05) is 16.9 Å². The molecule has 4 unspecified atom stereocenters. The molecule has 0 bridgehead atoms. The van der Waals surface area contributed by atoms with E-state index < -0.39 is 27.2 Å². The maximum atomic E-state index is 15.2. The van der Waals surface area contributed by atoms with Crippen LogP contribution in [-0.4, -0.2) is 144 Å². The molecule has 4 fully saturated rings. The van der Waals surface area contributed by atoms with Crippen molar-refractivity contribution in [3.8, 4) is 69.8 Å². The fourth-order valence-corrected chi connectivity index (χ4v) is 18.8. The van der Waals surface area contributed by atoms with Crippen molar-refractivity contribution in [3.05, 3.63) is 117 Å². The maximum absolute atomic E-state index is 15.2. The summed E-state index contributed by atoms with van der Waals surface area (Å²) >= 11 is 0. The minimum Gasteiger partial charge on any atom is -0.370 e. The minimum absolute atomic E-state index is 0.0192. The molecule has 29 nitrogen and oxygen atoms in total. The van der Waals surface area contributed by atoms with Crippen molar-refractivity contribution in [2.24, 2.45) is 17.8 Å². The molecule has 9 heterocycles. The molecule has 32 heteroatoms. The smallest absolute Gasteiger partial charge is 0.319 e. The molecule has 1 saturated heterocycles. The maximum Gasteiger partial charge on any atom is 0.319 e. The number of methoxy groups -OCH3 is 1. The van der Waals surface area contributed by atoms with Gasteiger partial charge in [-0.25, -0.2) is 48.3 Å². The molecule has 526 valence electrons. The molecule has 8 aromatic heterocycles. The molecule has 11 aliphatic carbocycles. The van der Waals surface area contributed by atoms with Crippen molar-refractivity contribution in [2.45, 2.75) is 177 Å². The Morgan fingerprint density at radius 1 is 0.529 bits per heavy atom. The Labute approximate surface area is 595 Å². The van der Waals surface area contributed by atoms with Gasteiger partial charge in [0.05, 0.1) is 102 Å². The van der Waals surface area contributed by atoms with Crippen LogP contribution in [0.3, 0.4) is 0 Å². The van der Waals surface area contributed by atoms with Crippen LogP contribution in [0.2, 0.25) is 0 Å². The number of aromatic nitrogens is 20. The molecular formula is C72H69F2N25O4S. The molecule has 8 aromatic rings. The number of rotatable bonds is 14. The summed E-state index contributed by atoms with van der Waals surface area (Å²) in [7, 11) is -1.76. The molecule has 0 amide bonds. The van der Waals surface area contributed by atoms with Crippen LogP contribution < -0.4 is 0 Å². The van der Waals surface area contributed by atoms with Gasteiger partial charge < -0.3 is 4.74 Å². The van der Waals surface area contributed by atoms with Crippen molar-refractivity contribution >= 4 is 38.1 Å². The third-order valence-corrected chi connectivity index (χ3v) is 24.6. The topological polar surface area (TPSA) is 385 Å². The molecule has 104 heavy (non-hydrogen) atoms. The number of fused-ring (bicyclic) bond motifs is 8. The zero-order valence-electron chi connectivity index (χ0n) is 57.1. The van der Waals surface area contributed by atoms with Crippen LogP contribution in [0, 0.1) is 63.1 Å². The Morgan fingerprint density at radius 2 is 1.02 bits per heavy atom. The van der Waals surface area contributed by atoms with Crippen LogP contribution in [-0.2, 0) is 58.3 Å².